The predicted octanol–water partition coefficient (Wildman–Crippen LogP) is 4.89. The highest BCUT2D eigenvalue weighted by Gasteiger charge is 2.16. The molecule has 2 N–H and O–H groups in total. The number of pyridine rings is 3. The number of hydrogen-bond acceptors (Lipinski definition) is 6. The van der Waals surface area contributed by atoms with Gasteiger partial charge >= 0.3 is 0 Å². The van der Waals surface area contributed by atoms with Crippen molar-refractivity contribution in [2.75, 3.05) is 19.0 Å². The number of aromatic nitrogens is 6. The van der Waals surface area contributed by atoms with E-state index in [0.29, 0.717) is 0 Å². The monoisotopic (exact) mass is 421 g/mol. The Hall–Kier alpha value is -4.46. The largest absolute Gasteiger partial charge is 0.472 e. The first kappa shape index (κ1) is 18.3. The third-order valence-electron chi connectivity index (χ3n) is 5.54. The summed E-state index contributed by atoms with van der Waals surface area (Å²) in [5, 5.41) is 8.65. The van der Waals surface area contributed by atoms with Crippen LogP contribution in [-0.2, 0) is 0 Å². The summed E-state index contributed by atoms with van der Waals surface area (Å²) >= 11 is 0. The summed E-state index contributed by atoms with van der Waals surface area (Å²) in [6.07, 6.45) is 8.79. The normalized spacial score (nSPS) is 11.4. The maximum Gasteiger partial charge on any atom is 0.135 e. The Bertz CT molecular complexity index is 1560. The average Bonchev–Trinajstić information content (AvgIpc) is 3.57. The van der Waals surface area contributed by atoms with Crippen molar-refractivity contribution in [2.45, 2.75) is 0 Å². The fourth-order valence-corrected chi connectivity index (χ4v) is 3.87. The highest BCUT2D eigenvalue weighted by Crippen LogP contribution is 2.33. The molecule has 6 rings (SSSR count). The fraction of sp³-hybridized carbons (Fsp3) is 0.0833. The topological polar surface area (TPSA) is 99.5 Å². The van der Waals surface area contributed by atoms with Crippen molar-refractivity contribution in [3.63, 3.8) is 0 Å². The lowest BCUT2D eigenvalue weighted by Crippen LogP contribution is -2.08. The molecule has 0 bridgehead atoms. The number of nitrogens with one attached hydrogen (secondary N) is 2. The molecular formula is C24H19N7O. The van der Waals surface area contributed by atoms with Crippen LogP contribution in [0.15, 0.2) is 71.9 Å². The minimum Gasteiger partial charge on any atom is -0.472 e. The molecule has 0 saturated heterocycles. The molecular weight excluding hydrogens is 402 g/mol. The number of anilines is 1. The quantitative estimate of drug-likeness (QED) is 0.420. The Balaban J connectivity index is 1.49. The lowest BCUT2D eigenvalue weighted by atomic mass is 10.1. The molecule has 32 heavy (non-hydrogen) atoms. The van der Waals surface area contributed by atoms with Crippen LogP contribution in [0, 0.1) is 0 Å². The third-order valence-corrected chi connectivity index (χ3v) is 5.54. The van der Waals surface area contributed by atoms with Crippen molar-refractivity contribution in [2.24, 2.45) is 0 Å². The van der Waals surface area contributed by atoms with Crippen LogP contribution in [0.4, 0.5) is 5.69 Å². The molecule has 0 radical (unpaired) electrons. The molecule has 8 nitrogen and oxygen atoms in total. The van der Waals surface area contributed by atoms with Gasteiger partial charge in [-0.1, -0.05) is 0 Å². The molecule has 6 aromatic heterocycles. The molecule has 0 aliphatic heterocycles. The smallest absolute Gasteiger partial charge is 0.135 e. The molecule has 156 valence electrons. The molecule has 8 heteroatoms. The summed E-state index contributed by atoms with van der Waals surface area (Å²) in [5.74, 6) is 0. The Morgan fingerprint density at radius 2 is 1.88 bits per heavy atom. The van der Waals surface area contributed by atoms with Crippen molar-refractivity contribution in [3.05, 3.63) is 67.5 Å². The van der Waals surface area contributed by atoms with Crippen LogP contribution in [0.1, 0.15) is 0 Å². The SMILES string of the molecule is CN(C)c1cncc(-c2ccc3[nH]nc(-c4cc5c(-c6ccoc6)nccc5[nH]4)c3n2)c1. The van der Waals surface area contributed by atoms with Gasteiger partial charge in [0.05, 0.1) is 47.0 Å². The highest BCUT2D eigenvalue weighted by molar-refractivity contribution is 5.99. The Kier molecular flexibility index (Phi) is 4.04. The van der Waals surface area contributed by atoms with Crippen LogP contribution in [0.3, 0.4) is 0 Å². The van der Waals surface area contributed by atoms with E-state index < -0.39 is 0 Å². The lowest BCUT2D eigenvalue weighted by molar-refractivity contribution is 0.568. The second-order valence-electron chi connectivity index (χ2n) is 7.81. The molecule has 0 fully saturated rings. The van der Waals surface area contributed by atoms with Gasteiger partial charge in [0.25, 0.3) is 0 Å². The van der Waals surface area contributed by atoms with E-state index in [1.807, 2.05) is 55.7 Å². The van der Waals surface area contributed by atoms with E-state index in [1.54, 1.807) is 18.7 Å². The van der Waals surface area contributed by atoms with E-state index >= 15 is 0 Å². The van der Waals surface area contributed by atoms with E-state index in [2.05, 4.69) is 37.3 Å². The molecule has 6 aromatic rings. The van der Waals surface area contributed by atoms with Gasteiger partial charge in [-0.15, -0.1) is 0 Å². The zero-order valence-corrected chi connectivity index (χ0v) is 17.5. The minimum atomic E-state index is 0.757. The lowest BCUT2D eigenvalue weighted by Gasteiger charge is -2.12. The van der Waals surface area contributed by atoms with E-state index in [1.165, 1.54) is 0 Å². The van der Waals surface area contributed by atoms with Crippen molar-refractivity contribution in [1.29, 1.82) is 0 Å². The summed E-state index contributed by atoms with van der Waals surface area (Å²) in [5.41, 5.74) is 8.87. The minimum absolute atomic E-state index is 0.757. The molecule has 0 aliphatic carbocycles. The van der Waals surface area contributed by atoms with Crippen LogP contribution in [0.25, 0.3) is 55.8 Å². The molecule has 0 unspecified atom stereocenters. The van der Waals surface area contributed by atoms with E-state index in [4.69, 9.17) is 9.40 Å². The predicted molar refractivity (Wildman–Crippen MR) is 124 cm³/mol. The van der Waals surface area contributed by atoms with Crippen molar-refractivity contribution in [3.8, 4) is 33.9 Å². The van der Waals surface area contributed by atoms with Gasteiger partial charge in [-0.2, -0.15) is 5.10 Å². The number of H-pyrrole nitrogens is 2. The number of rotatable bonds is 4. The summed E-state index contributed by atoms with van der Waals surface area (Å²) in [6, 6.07) is 12.0. The number of furan rings is 1. The van der Waals surface area contributed by atoms with Gasteiger partial charge in [0.1, 0.15) is 11.2 Å². The average molecular weight is 421 g/mol. The van der Waals surface area contributed by atoms with Crippen LogP contribution in [-0.4, -0.2) is 44.2 Å². The maximum atomic E-state index is 5.25. The zero-order chi connectivity index (χ0) is 21.7. The first-order valence-electron chi connectivity index (χ1n) is 10.2. The van der Waals surface area contributed by atoms with Crippen LogP contribution < -0.4 is 4.90 Å². The van der Waals surface area contributed by atoms with Crippen LogP contribution >= 0.6 is 0 Å². The fourth-order valence-electron chi connectivity index (χ4n) is 3.87. The molecule has 0 aromatic carbocycles. The standard InChI is InChI=1S/C24H19N7O/c1-31(2)16-9-15(11-25-12-16)18-3-4-20-23(28-18)24(30-29-20)21-10-17-19(27-21)5-7-26-22(17)14-6-8-32-13-14/h3-13,27H,1-2H3,(H,29,30). The zero-order valence-electron chi connectivity index (χ0n) is 17.5. The summed E-state index contributed by atoms with van der Waals surface area (Å²) in [7, 11) is 3.99. The maximum absolute atomic E-state index is 5.25. The van der Waals surface area contributed by atoms with Gasteiger partial charge in [0.2, 0.25) is 0 Å². The summed E-state index contributed by atoms with van der Waals surface area (Å²) in [6.45, 7) is 0. The van der Waals surface area contributed by atoms with E-state index in [0.717, 1.165) is 61.5 Å². The van der Waals surface area contributed by atoms with E-state index in [9.17, 15) is 0 Å². The van der Waals surface area contributed by atoms with Gasteiger partial charge in [0, 0.05) is 48.5 Å². The van der Waals surface area contributed by atoms with Gasteiger partial charge < -0.3 is 14.3 Å². The van der Waals surface area contributed by atoms with Crippen LogP contribution in [0.2, 0.25) is 0 Å². The molecule has 0 aliphatic rings. The molecule has 0 amide bonds. The molecule has 0 atom stereocenters. The third kappa shape index (κ3) is 2.92. The summed E-state index contributed by atoms with van der Waals surface area (Å²) < 4.78 is 5.25. The molecule has 6 heterocycles. The number of hydrogen-bond donors (Lipinski definition) is 2. The summed E-state index contributed by atoms with van der Waals surface area (Å²) in [4.78, 5) is 19.3. The Morgan fingerprint density at radius 1 is 0.938 bits per heavy atom. The first-order chi connectivity index (χ1) is 15.7. The van der Waals surface area contributed by atoms with Crippen molar-refractivity contribution < 1.29 is 4.42 Å². The van der Waals surface area contributed by atoms with Gasteiger partial charge in [0.15, 0.2) is 0 Å². The molecule has 0 spiro atoms. The van der Waals surface area contributed by atoms with E-state index in [-0.39, 0.29) is 0 Å². The van der Waals surface area contributed by atoms with Crippen LogP contribution in [0.5, 0.6) is 0 Å². The van der Waals surface area contributed by atoms with Gasteiger partial charge in [-0.05, 0) is 36.4 Å². The Morgan fingerprint density at radius 3 is 2.72 bits per heavy atom. The second-order valence-corrected chi connectivity index (χ2v) is 7.81. The van der Waals surface area contributed by atoms with Gasteiger partial charge in [-0.3, -0.25) is 15.1 Å². The van der Waals surface area contributed by atoms with Crippen molar-refractivity contribution >= 4 is 27.6 Å². The molecule has 0 saturated carbocycles. The highest BCUT2D eigenvalue weighted by atomic mass is 16.3. The Labute approximate surface area is 183 Å². The number of fused-ring (bicyclic) bond motifs is 2. The second kappa shape index (κ2) is 7.05. The first-order valence-corrected chi connectivity index (χ1v) is 10.2. The number of aromatic amines is 2. The van der Waals surface area contributed by atoms with Gasteiger partial charge in [-0.25, -0.2) is 4.98 Å². The number of nitrogens with zero attached hydrogens (tertiary/aromatic N) is 5. The van der Waals surface area contributed by atoms with Crippen molar-refractivity contribution in [1.82, 2.24) is 30.1 Å².